The van der Waals surface area contributed by atoms with E-state index in [1.54, 1.807) is 0 Å². The average Bonchev–Trinajstić information content (AvgIpc) is 3.07. The van der Waals surface area contributed by atoms with Gasteiger partial charge in [-0.3, -0.25) is 9.69 Å². The molecule has 1 amide bonds. The SMILES string of the molecule is O=C(N[C@@H]1CCN2CCCC[C@@H]12)C(c1ccccc1)c1ccccc1. The number of amides is 1. The molecule has 130 valence electrons. The minimum Gasteiger partial charge on any atom is -0.351 e. The summed E-state index contributed by atoms with van der Waals surface area (Å²) in [5.41, 5.74) is 2.12. The van der Waals surface area contributed by atoms with E-state index in [2.05, 4.69) is 34.5 Å². The van der Waals surface area contributed by atoms with Crippen LogP contribution in [0.15, 0.2) is 60.7 Å². The van der Waals surface area contributed by atoms with Crippen molar-refractivity contribution in [1.29, 1.82) is 0 Å². The van der Waals surface area contributed by atoms with Crippen LogP contribution in [0.25, 0.3) is 0 Å². The Morgan fingerprint density at radius 1 is 0.880 bits per heavy atom. The largest absolute Gasteiger partial charge is 0.351 e. The van der Waals surface area contributed by atoms with Crippen LogP contribution in [0.4, 0.5) is 0 Å². The number of hydrogen-bond donors (Lipinski definition) is 1. The Balaban J connectivity index is 1.56. The predicted octanol–water partition coefficient (Wildman–Crippen LogP) is 3.56. The van der Waals surface area contributed by atoms with Gasteiger partial charge in [-0.15, -0.1) is 0 Å². The van der Waals surface area contributed by atoms with Crippen LogP contribution in [0.1, 0.15) is 42.7 Å². The van der Waals surface area contributed by atoms with Gasteiger partial charge in [0.05, 0.1) is 5.92 Å². The molecule has 0 unspecified atom stereocenters. The highest BCUT2D eigenvalue weighted by molar-refractivity contribution is 5.87. The first kappa shape index (κ1) is 16.3. The Bertz CT molecular complexity index is 661. The van der Waals surface area contributed by atoms with E-state index in [9.17, 15) is 4.79 Å². The second-order valence-corrected chi connectivity index (χ2v) is 7.26. The second-order valence-electron chi connectivity index (χ2n) is 7.26. The quantitative estimate of drug-likeness (QED) is 0.927. The van der Waals surface area contributed by atoms with E-state index in [1.807, 2.05) is 36.4 Å². The fourth-order valence-electron chi connectivity index (χ4n) is 4.47. The molecular formula is C22H26N2O. The Labute approximate surface area is 150 Å². The van der Waals surface area contributed by atoms with Crippen LogP contribution in [0.3, 0.4) is 0 Å². The van der Waals surface area contributed by atoms with Gasteiger partial charge in [0, 0.05) is 18.6 Å². The lowest BCUT2D eigenvalue weighted by atomic mass is 9.89. The first-order chi connectivity index (χ1) is 12.3. The summed E-state index contributed by atoms with van der Waals surface area (Å²) in [6.07, 6.45) is 4.88. The maximum absolute atomic E-state index is 13.2. The minimum atomic E-state index is -0.236. The van der Waals surface area contributed by atoms with Crippen molar-refractivity contribution in [2.45, 2.75) is 43.7 Å². The average molecular weight is 334 g/mol. The lowest BCUT2D eigenvalue weighted by molar-refractivity contribution is -0.122. The third kappa shape index (κ3) is 3.47. The van der Waals surface area contributed by atoms with Crippen molar-refractivity contribution in [2.24, 2.45) is 0 Å². The smallest absolute Gasteiger partial charge is 0.232 e. The Hall–Kier alpha value is -2.13. The number of carbonyl (C=O) groups is 1. The van der Waals surface area contributed by atoms with Gasteiger partial charge < -0.3 is 5.32 Å². The van der Waals surface area contributed by atoms with Gasteiger partial charge >= 0.3 is 0 Å². The molecule has 2 saturated heterocycles. The van der Waals surface area contributed by atoms with Crippen LogP contribution >= 0.6 is 0 Å². The molecule has 0 aromatic heterocycles. The number of hydrogen-bond acceptors (Lipinski definition) is 2. The highest BCUT2D eigenvalue weighted by Gasteiger charge is 2.37. The van der Waals surface area contributed by atoms with Gasteiger partial charge in [0.15, 0.2) is 0 Å². The van der Waals surface area contributed by atoms with Crippen LogP contribution in [0.2, 0.25) is 0 Å². The standard InChI is InChI=1S/C22H26N2O/c25-22(23-19-14-16-24-15-8-7-13-20(19)24)21(17-9-3-1-4-10-17)18-11-5-2-6-12-18/h1-6,9-12,19-21H,7-8,13-16H2,(H,23,25)/t19-,20+/m1/s1. The van der Waals surface area contributed by atoms with E-state index < -0.39 is 0 Å². The van der Waals surface area contributed by atoms with E-state index in [0.29, 0.717) is 12.1 Å². The molecule has 2 aliphatic rings. The predicted molar refractivity (Wildman–Crippen MR) is 100 cm³/mol. The molecule has 0 bridgehead atoms. The fraction of sp³-hybridized carbons (Fsp3) is 0.409. The van der Waals surface area contributed by atoms with E-state index in [0.717, 1.165) is 24.1 Å². The molecule has 2 aliphatic heterocycles. The topological polar surface area (TPSA) is 32.3 Å². The first-order valence-corrected chi connectivity index (χ1v) is 9.47. The lowest BCUT2D eigenvalue weighted by Crippen LogP contribution is -2.48. The third-order valence-electron chi connectivity index (χ3n) is 5.71. The molecule has 0 aliphatic carbocycles. The Kier molecular flexibility index (Phi) is 4.84. The van der Waals surface area contributed by atoms with Crippen molar-refractivity contribution in [2.75, 3.05) is 13.1 Å². The zero-order valence-corrected chi connectivity index (χ0v) is 14.6. The van der Waals surface area contributed by atoms with E-state index in [1.165, 1.54) is 25.8 Å². The van der Waals surface area contributed by atoms with Crippen molar-refractivity contribution < 1.29 is 4.79 Å². The van der Waals surface area contributed by atoms with Crippen LogP contribution < -0.4 is 5.32 Å². The fourth-order valence-corrected chi connectivity index (χ4v) is 4.47. The molecule has 1 N–H and O–H groups in total. The summed E-state index contributed by atoms with van der Waals surface area (Å²) in [5, 5.41) is 3.39. The van der Waals surface area contributed by atoms with Crippen molar-refractivity contribution in [3.8, 4) is 0 Å². The lowest BCUT2D eigenvalue weighted by Gasteiger charge is -2.33. The maximum Gasteiger partial charge on any atom is 0.232 e. The van der Waals surface area contributed by atoms with Crippen LogP contribution in [-0.4, -0.2) is 36.0 Å². The zero-order chi connectivity index (χ0) is 17.1. The molecule has 4 rings (SSSR count). The monoisotopic (exact) mass is 334 g/mol. The second kappa shape index (κ2) is 7.40. The normalized spacial score (nSPS) is 23.4. The molecule has 2 fully saturated rings. The van der Waals surface area contributed by atoms with Gasteiger partial charge in [0.1, 0.15) is 0 Å². The Morgan fingerprint density at radius 3 is 2.16 bits per heavy atom. The molecule has 25 heavy (non-hydrogen) atoms. The van der Waals surface area contributed by atoms with Gasteiger partial charge in [-0.2, -0.15) is 0 Å². The van der Waals surface area contributed by atoms with Crippen molar-refractivity contribution >= 4 is 5.91 Å². The summed E-state index contributed by atoms with van der Waals surface area (Å²) >= 11 is 0. The number of piperidine rings is 1. The molecule has 2 atom stereocenters. The number of nitrogens with one attached hydrogen (secondary N) is 1. The number of benzene rings is 2. The molecule has 2 heterocycles. The van der Waals surface area contributed by atoms with Gasteiger partial charge in [-0.05, 0) is 36.9 Å². The van der Waals surface area contributed by atoms with Crippen LogP contribution in [-0.2, 0) is 4.79 Å². The summed E-state index contributed by atoms with van der Waals surface area (Å²) in [7, 11) is 0. The van der Waals surface area contributed by atoms with Crippen LogP contribution in [0, 0.1) is 0 Å². The van der Waals surface area contributed by atoms with Gasteiger partial charge in [0.2, 0.25) is 5.91 Å². The van der Waals surface area contributed by atoms with Gasteiger partial charge in [-0.1, -0.05) is 67.1 Å². The molecule has 0 radical (unpaired) electrons. The highest BCUT2D eigenvalue weighted by atomic mass is 16.2. The minimum absolute atomic E-state index is 0.134. The first-order valence-electron chi connectivity index (χ1n) is 9.47. The van der Waals surface area contributed by atoms with Crippen molar-refractivity contribution in [1.82, 2.24) is 10.2 Å². The maximum atomic E-state index is 13.2. The molecule has 3 nitrogen and oxygen atoms in total. The molecule has 2 aromatic rings. The summed E-state index contributed by atoms with van der Waals surface area (Å²) in [5.74, 6) is -0.102. The van der Waals surface area contributed by atoms with E-state index in [4.69, 9.17) is 0 Å². The van der Waals surface area contributed by atoms with E-state index in [-0.39, 0.29) is 11.8 Å². The van der Waals surface area contributed by atoms with Crippen LogP contribution in [0.5, 0.6) is 0 Å². The molecule has 2 aromatic carbocycles. The molecule has 0 saturated carbocycles. The third-order valence-corrected chi connectivity index (χ3v) is 5.71. The zero-order valence-electron chi connectivity index (χ0n) is 14.6. The highest BCUT2D eigenvalue weighted by Crippen LogP contribution is 2.29. The summed E-state index contributed by atoms with van der Waals surface area (Å²) in [4.78, 5) is 15.8. The van der Waals surface area contributed by atoms with Gasteiger partial charge in [0.25, 0.3) is 0 Å². The summed E-state index contributed by atoms with van der Waals surface area (Å²) in [6.45, 7) is 2.31. The van der Waals surface area contributed by atoms with Crippen molar-refractivity contribution in [3.05, 3.63) is 71.8 Å². The number of fused-ring (bicyclic) bond motifs is 1. The number of nitrogens with zero attached hydrogens (tertiary/aromatic N) is 1. The van der Waals surface area contributed by atoms with E-state index >= 15 is 0 Å². The molecule has 0 spiro atoms. The molecular weight excluding hydrogens is 308 g/mol. The van der Waals surface area contributed by atoms with Crippen molar-refractivity contribution in [3.63, 3.8) is 0 Å². The van der Waals surface area contributed by atoms with Gasteiger partial charge in [-0.25, -0.2) is 0 Å². The number of carbonyl (C=O) groups excluding carboxylic acids is 1. The summed E-state index contributed by atoms with van der Waals surface area (Å²) < 4.78 is 0. The summed E-state index contributed by atoms with van der Waals surface area (Å²) in [6, 6.07) is 21.1. The Morgan fingerprint density at radius 2 is 1.52 bits per heavy atom. The number of rotatable bonds is 4. The molecule has 3 heteroatoms.